The van der Waals surface area contributed by atoms with E-state index in [1.165, 1.54) is 27.6 Å². The van der Waals surface area contributed by atoms with E-state index in [1.807, 2.05) is 32.9 Å². The number of thiazole rings is 2. The van der Waals surface area contributed by atoms with E-state index in [0.717, 1.165) is 26.4 Å². The van der Waals surface area contributed by atoms with Crippen LogP contribution in [0.2, 0.25) is 0 Å². The minimum atomic E-state index is -0.933. The Hall–Kier alpha value is -3.76. The predicted molar refractivity (Wildman–Crippen MR) is 158 cm³/mol. The van der Waals surface area contributed by atoms with Gasteiger partial charge in [-0.15, -0.1) is 11.3 Å². The van der Waals surface area contributed by atoms with E-state index < -0.39 is 23.5 Å². The van der Waals surface area contributed by atoms with Gasteiger partial charge in [-0.2, -0.15) is 0 Å². The van der Waals surface area contributed by atoms with Crippen molar-refractivity contribution in [1.82, 2.24) is 9.97 Å². The van der Waals surface area contributed by atoms with Gasteiger partial charge in [0.2, 0.25) is 5.78 Å². The molecule has 40 heavy (non-hydrogen) atoms. The maximum atomic E-state index is 14.0. The van der Waals surface area contributed by atoms with Gasteiger partial charge in [-0.05, 0) is 68.5 Å². The molecule has 0 radical (unpaired) electrons. The number of hydrogen-bond acceptors (Lipinski definition) is 9. The molecule has 2 aromatic carbocycles. The Labute approximate surface area is 240 Å². The van der Waals surface area contributed by atoms with Crippen molar-refractivity contribution < 1.29 is 24.2 Å². The first-order valence-electron chi connectivity index (χ1n) is 12.9. The number of methoxy groups -OCH3 is 1. The highest BCUT2D eigenvalue weighted by atomic mass is 32.1. The summed E-state index contributed by atoms with van der Waals surface area (Å²) < 4.78 is 12.5. The number of aryl methyl sites for hydroxylation is 4. The molecule has 0 fully saturated rings. The van der Waals surface area contributed by atoms with Crippen LogP contribution in [0.1, 0.15) is 57.0 Å². The van der Waals surface area contributed by atoms with Crippen LogP contribution in [-0.4, -0.2) is 40.5 Å². The van der Waals surface area contributed by atoms with Gasteiger partial charge in [0.05, 0.1) is 51.1 Å². The number of ketones is 1. The molecule has 1 aliphatic rings. The van der Waals surface area contributed by atoms with Crippen molar-refractivity contribution in [2.24, 2.45) is 5.92 Å². The summed E-state index contributed by atoms with van der Waals surface area (Å²) in [6.07, 6.45) is 0. The summed E-state index contributed by atoms with van der Waals surface area (Å²) in [5.41, 5.74) is 3.97. The van der Waals surface area contributed by atoms with Crippen LogP contribution in [0.5, 0.6) is 11.5 Å². The molecule has 0 spiro atoms. The molecule has 0 saturated carbocycles. The van der Waals surface area contributed by atoms with Gasteiger partial charge in [0.15, 0.2) is 22.4 Å². The average molecular weight is 578 g/mol. The van der Waals surface area contributed by atoms with Crippen molar-refractivity contribution in [3.8, 4) is 11.5 Å². The van der Waals surface area contributed by atoms with Crippen molar-refractivity contribution in [2.45, 2.75) is 47.6 Å². The van der Waals surface area contributed by atoms with Crippen molar-refractivity contribution >= 4 is 49.7 Å². The number of anilines is 1. The number of Topliss-reactive ketones (excluding diaryl/α,β-unsaturated/α-hetero) is 1. The van der Waals surface area contributed by atoms with Crippen LogP contribution in [-0.2, 0) is 4.79 Å². The topological polar surface area (TPSA) is 102 Å². The summed E-state index contributed by atoms with van der Waals surface area (Å²) in [4.78, 5) is 38.7. The Balaban J connectivity index is 1.68. The molecule has 0 saturated heterocycles. The second-order valence-electron chi connectivity index (χ2n) is 10.4. The highest BCUT2D eigenvalue weighted by molar-refractivity contribution is 7.22. The van der Waals surface area contributed by atoms with E-state index in [4.69, 9.17) is 14.5 Å². The number of rotatable bonds is 8. The molecule has 1 aliphatic heterocycles. The zero-order valence-corrected chi connectivity index (χ0v) is 25.1. The Morgan fingerprint density at radius 1 is 1.07 bits per heavy atom. The average Bonchev–Trinajstić information content (AvgIpc) is 3.55. The zero-order valence-electron chi connectivity index (χ0n) is 23.5. The number of amides is 1. The zero-order chi connectivity index (χ0) is 28.9. The van der Waals surface area contributed by atoms with Crippen LogP contribution >= 0.6 is 22.7 Å². The molecule has 5 rings (SSSR count). The number of aromatic nitrogens is 2. The van der Waals surface area contributed by atoms with Gasteiger partial charge < -0.3 is 14.6 Å². The van der Waals surface area contributed by atoms with Crippen LogP contribution in [0.25, 0.3) is 10.2 Å². The molecule has 2 aromatic heterocycles. The first kappa shape index (κ1) is 27.8. The van der Waals surface area contributed by atoms with E-state index in [2.05, 4.69) is 18.8 Å². The minimum Gasteiger partial charge on any atom is -0.503 e. The van der Waals surface area contributed by atoms with Gasteiger partial charge in [0.1, 0.15) is 0 Å². The van der Waals surface area contributed by atoms with Crippen molar-refractivity contribution in [3.05, 3.63) is 73.9 Å². The van der Waals surface area contributed by atoms with Crippen LogP contribution in [0.4, 0.5) is 5.13 Å². The van der Waals surface area contributed by atoms with E-state index in [9.17, 15) is 14.7 Å². The summed E-state index contributed by atoms with van der Waals surface area (Å²) in [6.45, 7) is 12.2. The van der Waals surface area contributed by atoms with E-state index in [-0.39, 0.29) is 5.57 Å². The maximum Gasteiger partial charge on any atom is 0.296 e. The lowest BCUT2D eigenvalue weighted by molar-refractivity contribution is -0.117. The number of carbonyl (C=O) groups excluding carboxylic acids is 2. The quantitative estimate of drug-likeness (QED) is 0.230. The molecule has 10 heteroatoms. The standard InChI is InChI=1S/C30H31N3O5S2/c1-14(2)13-38-20-9-8-19(12-21(20)37-7)25-23(26(34)28-17(5)31-18(6)39-28)27(35)29(36)33(25)30-32-24-16(4)10-15(3)11-22(24)40-30/h8-12,14,25,35H,13H2,1-7H3. The highest BCUT2D eigenvalue weighted by Crippen LogP contribution is 2.46. The first-order chi connectivity index (χ1) is 19.0. The molecule has 1 atom stereocenters. The number of hydrogen-bond donors (Lipinski definition) is 1. The fourth-order valence-corrected chi connectivity index (χ4v) is 6.95. The smallest absolute Gasteiger partial charge is 0.296 e. The summed E-state index contributed by atoms with van der Waals surface area (Å²) in [6, 6.07) is 8.44. The lowest BCUT2D eigenvalue weighted by Crippen LogP contribution is -2.31. The van der Waals surface area contributed by atoms with Crippen molar-refractivity contribution in [1.29, 1.82) is 0 Å². The maximum absolute atomic E-state index is 14.0. The van der Waals surface area contributed by atoms with Crippen molar-refractivity contribution in [3.63, 3.8) is 0 Å². The van der Waals surface area contributed by atoms with Gasteiger partial charge in [0.25, 0.3) is 5.91 Å². The third-order valence-corrected chi connectivity index (χ3v) is 8.74. The Kier molecular flexibility index (Phi) is 7.41. The fourth-order valence-electron chi connectivity index (χ4n) is 4.91. The summed E-state index contributed by atoms with van der Waals surface area (Å²) in [5, 5.41) is 12.3. The van der Waals surface area contributed by atoms with Gasteiger partial charge >= 0.3 is 0 Å². The number of ether oxygens (including phenoxy) is 2. The lowest BCUT2D eigenvalue weighted by atomic mass is 9.95. The fraction of sp³-hybridized carbons (Fsp3) is 0.333. The highest BCUT2D eigenvalue weighted by Gasteiger charge is 2.46. The summed E-state index contributed by atoms with van der Waals surface area (Å²) in [5.74, 6) is -0.380. The number of aliphatic hydroxyl groups excluding tert-OH is 1. The largest absolute Gasteiger partial charge is 0.503 e. The van der Waals surface area contributed by atoms with Crippen LogP contribution in [0.15, 0.2) is 41.7 Å². The molecule has 3 heterocycles. The molecule has 1 N–H and O–H groups in total. The number of fused-ring (bicyclic) bond motifs is 1. The molecule has 0 bridgehead atoms. The van der Waals surface area contributed by atoms with Crippen LogP contribution in [0, 0.1) is 33.6 Å². The Bertz CT molecular complexity index is 1680. The molecule has 208 valence electrons. The van der Waals surface area contributed by atoms with Crippen LogP contribution < -0.4 is 14.4 Å². The summed E-state index contributed by atoms with van der Waals surface area (Å²) in [7, 11) is 1.54. The molecule has 0 aliphatic carbocycles. The van der Waals surface area contributed by atoms with Crippen molar-refractivity contribution in [2.75, 3.05) is 18.6 Å². The molecular weight excluding hydrogens is 546 g/mol. The summed E-state index contributed by atoms with van der Waals surface area (Å²) >= 11 is 2.59. The first-order valence-corrected chi connectivity index (χ1v) is 14.6. The minimum absolute atomic E-state index is 0.0122. The van der Waals surface area contributed by atoms with E-state index in [1.54, 1.807) is 32.2 Å². The SMILES string of the molecule is COc1cc(C2C(C(=O)c3sc(C)nc3C)=C(O)C(=O)N2c2nc3c(C)cc(C)cc3s2)ccc1OCC(C)C. The molecular formula is C30H31N3O5S2. The molecule has 1 amide bonds. The number of benzene rings is 2. The number of aliphatic hydroxyl groups is 1. The van der Waals surface area contributed by atoms with Gasteiger partial charge in [-0.1, -0.05) is 37.3 Å². The lowest BCUT2D eigenvalue weighted by Gasteiger charge is -2.25. The van der Waals surface area contributed by atoms with Gasteiger partial charge in [-0.25, -0.2) is 9.97 Å². The van der Waals surface area contributed by atoms with E-state index >= 15 is 0 Å². The van der Waals surface area contributed by atoms with Crippen LogP contribution in [0.3, 0.4) is 0 Å². The van der Waals surface area contributed by atoms with E-state index in [0.29, 0.717) is 45.3 Å². The monoisotopic (exact) mass is 577 g/mol. The third kappa shape index (κ3) is 4.86. The Morgan fingerprint density at radius 3 is 2.48 bits per heavy atom. The van der Waals surface area contributed by atoms with Gasteiger partial charge in [0, 0.05) is 0 Å². The van der Waals surface area contributed by atoms with Gasteiger partial charge in [-0.3, -0.25) is 14.5 Å². The second-order valence-corrected chi connectivity index (χ2v) is 12.6. The number of carbonyl (C=O) groups is 2. The Morgan fingerprint density at radius 2 is 1.82 bits per heavy atom. The normalized spacial score (nSPS) is 15.6. The molecule has 1 unspecified atom stereocenters. The number of nitrogens with zero attached hydrogens (tertiary/aromatic N) is 3. The third-order valence-electron chi connectivity index (χ3n) is 6.66. The second kappa shape index (κ2) is 10.7. The molecule has 8 nitrogen and oxygen atoms in total. The predicted octanol–water partition coefficient (Wildman–Crippen LogP) is 6.81. The molecule has 4 aromatic rings.